The van der Waals surface area contributed by atoms with Gasteiger partial charge in [-0.05, 0) is 24.0 Å². The summed E-state index contributed by atoms with van der Waals surface area (Å²) >= 11 is 0. The zero-order valence-corrected chi connectivity index (χ0v) is 18.3. The van der Waals surface area contributed by atoms with Crippen LogP contribution in [-0.4, -0.2) is 60.2 Å². The quantitative estimate of drug-likeness (QED) is 0.713. The number of nitrogens with zero attached hydrogens (tertiary/aromatic N) is 2. The Kier molecular flexibility index (Phi) is 5.99. The third kappa shape index (κ3) is 4.30. The van der Waals surface area contributed by atoms with E-state index in [0.29, 0.717) is 6.04 Å². The van der Waals surface area contributed by atoms with Crippen LogP contribution in [0.4, 0.5) is 0 Å². The first-order valence-electron chi connectivity index (χ1n) is 11.3. The average Bonchev–Trinajstić information content (AvgIpc) is 3.64. The Hall–Kier alpha value is -2.17. The normalized spacial score (nSPS) is 20.0. The van der Waals surface area contributed by atoms with E-state index in [-0.39, 0.29) is 11.8 Å². The number of likely N-dealkylation sites (N-methyl/N-ethyl adjacent to an activating group) is 1. The smallest absolute Gasteiger partial charge is 0.259 e. The van der Waals surface area contributed by atoms with Gasteiger partial charge in [0.2, 0.25) is 0 Å². The standard InChI is InChI=1S/C26H35N2O2/c1-28(2,20-17-21-9-5-3-6-10-21)24-15-18-27(19-16-24)25(29)26(30,23-13-14-23)22-11-7-4-8-12-22/h3-12,23-24,30H,13-20H2,1-2H3/q+1. The molecule has 4 rings (SSSR count). The van der Waals surface area contributed by atoms with Gasteiger partial charge >= 0.3 is 0 Å². The molecule has 1 heterocycles. The van der Waals surface area contributed by atoms with Gasteiger partial charge in [0.05, 0.1) is 26.7 Å². The molecule has 4 nitrogen and oxygen atoms in total. The Balaban J connectivity index is 1.38. The van der Waals surface area contributed by atoms with Crippen molar-refractivity contribution in [2.24, 2.45) is 5.92 Å². The minimum atomic E-state index is -1.36. The zero-order chi connectivity index (χ0) is 21.2. The van der Waals surface area contributed by atoms with Gasteiger partial charge in [-0.1, -0.05) is 60.7 Å². The van der Waals surface area contributed by atoms with Gasteiger partial charge in [-0.2, -0.15) is 0 Å². The van der Waals surface area contributed by atoms with E-state index in [1.54, 1.807) is 0 Å². The van der Waals surface area contributed by atoms with Crippen LogP contribution in [0.15, 0.2) is 60.7 Å². The second-order valence-electron chi connectivity index (χ2n) is 9.67. The van der Waals surface area contributed by atoms with E-state index in [0.717, 1.165) is 61.8 Å². The van der Waals surface area contributed by atoms with Gasteiger partial charge in [0.25, 0.3) is 5.91 Å². The number of aliphatic hydroxyl groups is 1. The first-order chi connectivity index (χ1) is 14.4. The number of likely N-dealkylation sites (tertiary alicyclic amines) is 1. The van der Waals surface area contributed by atoms with E-state index in [1.807, 2.05) is 35.2 Å². The van der Waals surface area contributed by atoms with Gasteiger partial charge in [0, 0.05) is 38.3 Å². The molecule has 1 saturated heterocycles. The number of rotatable bonds is 7. The number of hydrogen-bond acceptors (Lipinski definition) is 2. The summed E-state index contributed by atoms with van der Waals surface area (Å²) in [5.74, 6) is -0.0348. The largest absolute Gasteiger partial charge is 0.375 e. The number of carbonyl (C=O) groups excluding carboxylic acids is 1. The summed E-state index contributed by atoms with van der Waals surface area (Å²) in [5, 5.41) is 11.5. The molecular weight excluding hydrogens is 372 g/mol. The maximum atomic E-state index is 13.4. The number of carbonyl (C=O) groups is 1. The van der Waals surface area contributed by atoms with Crippen molar-refractivity contribution >= 4 is 5.91 Å². The predicted octanol–water partition coefficient (Wildman–Crippen LogP) is 3.59. The minimum Gasteiger partial charge on any atom is -0.375 e. The first-order valence-corrected chi connectivity index (χ1v) is 11.3. The van der Waals surface area contributed by atoms with E-state index in [9.17, 15) is 9.90 Å². The predicted molar refractivity (Wildman–Crippen MR) is 120 cm³/mol. The third-order valence-corrected chi connectivity index (χ3v) is 7.27. The van der Waals surface area contributed by atoms with Crippen LogP contribution in [0.5, 0.6) is 0 Å². The average molecular weight is 408 g/mol. The number of benzene rings is 2. The van der Waals surface area contributed by atoms with Crippen molar-refractivity contribution in [3.8, 4) is 0 Å². The van der Waals surface area contributed by atoms with E-state index < -0.39 is 5.60 Å². The number of amides is 1. The lowest BCUT2D eigenvalue weighted by Crippen LogP contribution is -2.57. The molecule has 2 aromatic carbocycles. The highest BCUT2D eigenvalue weighted by Gasteiger charge is 2.53. The summed E-state index contributed by atoms with van der Waals surface area (Å²) < 4.78 is 0.975. The fourth-order valence-electron chi connectivity index (χ4n) is 4.98. The van der Waals surface area contributed by atoms with E-state index in [1.165, 1.54) is 5.56 Å². The number of piperidine rings is 1. The summed E-state index contributed by atoms with van der Waals surface area (Å²) in [7, 11) is 4.63. The molecule has 2 aromatic rings. The van der Waals surface area contributed by atoms with E-state index in [2.05, 4.69) is 44.4 Å². The maximum Gasteiger partial charge on any atom is 0.259 e. The van der Waals surface area contributed by atoms with Crippen LogP contribution >= 0.6 is 0 Å². The summed E-state index contributed by atoms with van der Waals surface area (Å²) in [4.78, 5) is 15.4. The summed E-state index contributed by atoms with van der Waals surface area (Å²) in [6.07, 6.45) is 4.91. The second-order valence-corrected chi connectivity index (χ2v) is 9.67. The fraction of sp³-hybridized carbons (Fsp3) is 0.500. The van der Waals surface area contributed by atoms with Crippen molar-refractivity contribution in [1.82, 2.24) is 4.90 Å². The molecule has 1 N–H and O–H groups in total. The fourth-order valence-corrected chi connectivity index (χ4v) is 4.98. The minimum absolute atomic E-state index is 0.0585. The van der Waals surface area contributed by atoms with Crippen molar-refractivity contribution in [3.63, 3.8) is 0 Å². The highest BCUT2D eigenvalue weighted by atomic mass is 16.3. The molecule has 1 aliphatic carbocycles. The highest BCUT2D eigenvalue weighted by molar-refractivity contribution is 5.87. The topological polar surface area (TPSA) is 40.5 Å². The summed E-state index contributed by atoms with van der Waals surface area (Å²) in [5.41, 5.74) is 0.776. The highest BCUT2D eigenvalue weighted by Crippen LogP contribution is 2.47. The Labute approximate surface area is 180 Å². The van der Waals surface area contributed by atoms with Gasteiger partial charge in [-0.25, -0.2) is 0 Å². The van der Waals surface area contributed by atoms with Gasteiger partial charge in [0.1, 0.15) is 0 Å². The molecule has 0 aromatic heterocycles. The molecule has 30 heavy (non-hydrogen) atoms. The van der Waals surface area contributed by atoms with Crippen molar-refractivity contribution in [2.45, 2.75) is 43.7 Å². The van der Waals surface area contributed by atoms with Crippen molar-refractivity contribution in [1.29, 1.82) is 0 Å². The molecule has 4 heteroatoms. The first kappa shape index (κ1) is 21.1. The summed E-state index contributed by atoms with van der Waals surface area (Å²) in [6.45, 7) is 2.56. The molecule has 0 bridgehead atoms. The molecule has 2 aliphatic rings. The SMILES string of the molecule is C[N+](C)(CCc1ccccc1)C1CCN(C(=O)C(O)(c2ccccc2)C2CC2)CC1. The molecule has 0 spiro atoms. The molecule has 160 valence electrons. The maximum absolute atomic E-state index is 13.4. The lowest BCUT2D eigenvalue weighted by Gasteiger charge is -2.44. The van der Waals surface area contributed by atoms with Gasteiger partial charge < -0.3 is 14.5 Å². The van der Waals surface area contributed by atoms with Gasteiger partial charge in [-0.3, -0.25) is 4.79 Å². The van der Waals surface area contributed by atoms with E-state index >= 15 is 0 Å². The lowest BCUT2D eigenvalue weighted by molar-refractivity contribution is -0.916. The van der Waals surface area contributed by atoms with Crippen LogP contribution in [-0.2, 0) is 16.8 Å². The number of hydrogen-bond donors (Lipinski definition) is 1. The van der Waals surface area contributed by atoms with Crippen molar-refractivity contribution in [3.05, 3.63) is 71.8 Å². The molecule has 2 fully saturated rings. The van der Waals surface area contributed by atoms with Crippen LogP contribution < -0.4 is 0 Å². The lowest BCUT2D eigenvalue weighted by atomic mass is 9.86. The zero-order valence-electron chi connectivity index (χ0n) is 18.3. The molecule has 1 saturated carbocycles. The van der Waals surface area contributed by atoms with Gasteiger partial charge in [0.15, 0.2) is 5.60 Å². The third-order valence-electron chi connectivity index (χ3n) is 7.27. The molecule has 1 amide bonds. The van der Waals surface area contributed by atoms with Crippen molar-refractivity contribution < 1.29 is 14.4 Å². The monoisotopic (exact) mass is 407 g/mol. The molecule has 1 aliphatic heterocycles. The van der Waals surface area contributed by atoms with Crippen LogP contribution in [0.25, 0.3) is 0 Å². The Morgan fingerprint density at radius 3 is 2.10 bits per heavy atom. The van der Waals surface area contributed by atoms with Crippen LogP contribution in [0.1, 0.15) is 36.8 Å². The Morgan fingerprint density at radius 1 is 0.967 bits per heavy atom. The van der Waals surface area contributed by atoms with Crippen LogP contribution in [0.3, 0.4) is 0 Å². The molecular formula is C26H35N2O2+. The van der Waals surface area contributed by atoms with E-state index in [4.69, 9.17) is 0 Å². The Morgan fingerprint density at radius 2 is 1.53 bits per heavy atom. The Bertz CT molecular complexity index is 840. The second kappa shape index (κ2) is 8.52. The molecule has 1 atom stereocenters. The number of quaternary nitrogens is 1. The van der Waals surface area contributed by atoms with Crippen molar-refractivity contribution in [2.75, 3.05) is 33.7 Å². The van der Waals surface area contributed by atoms with Crippen LogP contribution in [0, 0.1) is 5.92 Å². The summed E-state index contributed by atoms with van der Waals surface area (Å²) in [6, 6.07) is 20.8. The van der Waals surface area contributed by atoms with Crippen LogP contribution in [0.2, 0.25) is 0 Å². The molecule has 1 unspecified atom stereocenters. The van der Waals surface area contributed by atoms with Gasteiger partial charge in [-0.15, -0.1) is 0 Å². The molecule has 0 radical (unpaired) electrons.